The van der Waals surface area contributed by atoms with Gasteiger partial charge >= 0.3 is 23.9 Å². The number of thiophene rings is 1. The summed E-state index contributed by atoms with van der Waals surface area (Å²) in [6.45, 7) is 9.32. The van der Waals surface area contributed by atoms with Gasteiger partial charge in [0.2, 0.25) is 0 Å². The predicted molar refractivity (Wildman–Crippen MR) is 207 cm³/mol. The van der Waals surface area contributed by atoms with Gasteiger partial charge in [-0.25, -0.2) is 19.2 Å². The van der Waals surface area contributed by atoms with Crippen molar-refractivity contribution in [2.24, 2.45) is 0 Å². The van der Waals surface area contributed by atoms with E-state index < -0.39 is 23.9 Å². The molecule has 0 amide bonds. The molecule has 5 N–H and O–H groups in total. The van der Waals surface area contributed by atoms with Crippen LogP contribution in [0.5, 0.6) is 23.0 Å². The lowest BCUT2D eigenvalue weighted by Gasteiger charge is -2.26. The van der Waals surface area contributed by atoms with Crippen molar-refractivity contribution in [2.45, 2.75) is 51.5 Å². The predicted octanol–water partition coefficient (Wildman–Crippen LogP) is 5.91. The third kappa shape index (κ3) is 12.6. The number of ether oxygens (including phenoxy) is 3. The molecule has 3 heterocycles. The molecule has 55 heavy (non-hydrogen) atoms. The van der Waals surface area contributed by atoms with Crippen molar-refractivity contribution in [1.29, 1.82) is 0 Å². The summed E-state index contributed by atoms with van der Waals surface area (Å²) in [5.41, 5.74) is 3.56. The number of methoxy groups -OCH3 is 1. The maximum Gasteiger partial charge on any atom is 0.414 e. The lowest BCUT2D eigenvalue weighted by Crippen LogP contribution is -2.36. The highest BCUT2D eigenvalue weighted by atomic mass is 32.1. The van der Waals surface area contributed by atoms with Crippen LogP contribution in [0.4, 0.5) is 0 Å². The van der Waals surface area contributed by atoms with Crippen molar-refractivity contribution >= 4 is 45.3 Å². The Bertz CT molecular complexity index is 1850. The van der Waals surface area contributed by atoms with E-state index in [1.54, 1.807) is 24.5 Å². The van der Waals surface area contributed by atoms with Crippen molar-refractivity contribution in [2.75, 3.05) is 53.0 Å². The van der Waals surface area contributed by atoms with Gasteiger partial charge in [-0.2, -0.15) is 0 Å². The smallest absolute Gasteiger partial charge is 0.414 e. The first-order valence-electron chi connectivity index (χ1n) is 18.1. The second-order valence-corrected chi connectivity index (χ2v) is 14.1. The molecule has 1 unspecified atom stereocenters. The zero-order chi connectivity index (χ0) is 39.9. The van der Waals surface area contributed by atoms with Crippen LogP contribution >= 0.6 is 11.3 Å². The Balaban J connectivity index is 0.000000488. The molecule has 2 saturated heterocycles. The molecule has 0 spiro atoms. The number of carboxylic acids is 4. The van der Waals surface area contributed by atoms with Gasteiger partial charge in [0.15, 0.2) is 11.5 Å². The standard InChI is InChI=1S/C36H44N2O4S.2C2H2O4/c1-3-28(38-18-6-7-19-38)25-42-33-15-8-26(23-34(33)40-2)22-32-31-14-11-29(39)24-35(31)43-36(32)27-9-12-30(13-10-27)41-21-20-37-16-4-5-17-37;2*3-1(4)2(5)6/h8-15,23-24,28,39H,3-7,16-22,25H2,1-2H3;2*(H,3,4)(H,5,6). The maximum absolute atomic E-state index is 10.2. The minimum absolute atomic E-state index is 0.288. The van der Waals surface area contributed by atoms with Gasteiger partial charge in [-0.3, -0.25) is 9.80 Å². The van der Waals surface area contributed by atoms with E-state index >= 15 is 0 Å². The number of carbonyl (C=O) groups is 4. The number of aliphatic carboxylic acids is 4. The Hall–Kier alpha value is -5.38. The van der Waals surface area contributed by atoms with Crippen LogP contribution in [0, 0.1) is 0 Å². The van der Waals surface area contributed by atoms with E-state index in [1.165, 1.54) is 67.7 Å². The molecule has 15 heteroatoms. The average Bonchev–Trinajstić information content (AvgIpc) is 3.96. The van der Waals surface area contributed by atoms with Crippen LogP contribution in [-0.4, -0.2) is 118 Å². The molecular formula is C40H48N2O12S. The second-order valence-electron chi connectivity index (χ2n) is 13.0. The molecule has 0 aliphatic carbocycles. The Kier molecular flexibility index (Phi) is 16.1. The van der Waals surface area contributed by atoms with Crippen LogP contribution < -0.4 is 14.2 Å². The molecule has 3 aromatic carbocycles. The fourth-order valence-corrected chi connectivity index (χ4v) is 7.73. The summed E-state index contributed by atoms with van der Waals surface area (Å²) in [5, 5.41) is 40.9. The monoisotopic (exact) mass is 780 g/mol. The summed E-state index contributed by atoms with van der Waals surface area (Å²) in [6.07, 6.45) is 6.99. The molecule has 4 aromatic rings. The number of hydrogen-bond acceptors (Lipinski definition) is 11. The van der Waals surface area contributed by atoms with Crippen LogP contribution in [-0.2, 0) is 25.6 Å². The first kappa shape index (κ1) is 42.4. The number of aromatic hydroxyl groups is 1. The minimum Gasteiger partial charge on any atom is -0.508 e. The fourth-order valence-electron chi connectivity index (χ4n) is 6.47. The summed E-state index contributed by atoms with van der Waals surface area (Å²) in [5.74, 6) is -4.54. The molecule has 296 valence electrons. The second kappa shape index (κ2) is 20.9. The van der Waals surface area contributed by atoms with Gasteiger partial charge in [0, 0.05) is 22.2 Å². The number of rotatable bonds is 13. The number of benzene rings is 3. The van der Waals surface area contributed by atoms with Gasteiger partial charge in [-0.05, 0) is 141 Å². The third-order valence-electron chi connectivity index (χ3n) is 9.30. The van der Waals surface area contributed by atoms with Crippen LogP contribution in [0.2, 0.25) is 0 Å². The van der Waals surface area contributed by atoms with Crippen molar-refractivity contribution in [3.8, 4) is 33.4 Å². The Morgan fingerprint density at radius 3 is 1.96 bits per heavy atom. The number of likely N-dealkylation sites (tertiary alicyclic amines) is 2. The van der Waals surface area contributed by atoms with Gasteiger partial charge in [0.25, 0.3) is 0 Å². The largest absolute Gasteiger partial charge is 0.508 e. The highest BCUT2D eigenvalue weighted by Gasteiger charge is 2.22. The van der Waals surface area contributed by atoms with Gasteiger partial charge in [0.05, 0.1) is 7.11 Å². The van der Waals surface area contributed by atoms with Crippen LogP contribution in [0.25, 0.3) is 20.5 Å². The fraction of sp³-hybridized carbons (Fsp3) is 0.400. The molecule has 1 atom stereocenters. The highest BCUT2D eigenvalue weighted by molar-refractivity contribution is 7.22. The van der Waals surface area contributed by atoms with E-state index in [4.69, 9.17) is 53.8 Å². The summed E-state index contributed by atoms with van der Waals surface area (Å²) >= 11 is 1.72. The number of phenolic OH excluding ortho intramolecular Hbond substituents is 1. The molecule has 2 fully saturated rings. The molecule has 1 aromatic heterocycles. The number of fused-ring (bicyclic) bond motifs is 1. The highest BCUT2D eigenvalue weighted by Crippen LogP contribution is 2.42. The zero-order valence-electron chi connectivity index (χ0n) is 30.9. The van der Waals surface area contributed by atoms with Crippen LogP contribution in [0.1, 0.15) is 50.2 Å². The lowest BCUT2D eigenvalue weighted by atomic mass is 9.98. The Labute approximate surface area is 323 Å². The van der Waals surface area contributed by atoms with E-state index in [9.17, 15) is 5.11 Å². The molecule has 14 nitrogen and oxygen atoms in total. The third-order valence-corrected chi connectivity index (χ3v) is 10.5. The zero-order valence-corrected chi connectivity index (χ0v) is 31.8. The molecule has 2 aliphatic rings. The molecular weight excluding hydrogens is 733 g/mol. The summed E-state index contributed by atoms with van der Waals surface area (Å²) < 4.78 is 19.3. The van der Waals surface area contributed by atoms with Crippen molar-refractivity contribution in [3.63, 3.8) is 0 Å². The van der Waals surface area contributed by atoms with Gasteiger partial charge < -0.3 is 39.7 Å². The first-order valence-corrected chi connectivity index (χ1v) is 18.9. The quantitative estimate of drug-likeness (QED) is 0.100. The van der Waals surface area contributed by atoms with E-state index in [2.05, 4.69) is 59.2 Å². The van der Waals surface area contributed by atoms with E-state index in [0.29, 0.717) is 19.3 Å². The number of phenols is 1. The normalized spacial score (nSPS) is 14.6. The number of nitrogens with zero attached hydrogens (tertiary/aromatic N) is 2. The van der Waals surface area contributed by atoms with Gasteiger partial charge in [-0.15, -0.1) is 11.3 Å². The van der Waals surface area contributed by atoms with Crippen molar-refractivity contribution in [1.82, 2.24) is 9.80 Å². The van der Waals surface area contributed by atoms with Crippen molar-refractivity contribution < 1.29 is 58.9 Å². The topological polar surface area (TPSA) is 204 Å². The van der Waals surface area contributed by atoms with Crippen LogP contribution in [0.3, 0.4) is 0 Å². The first-order chi connectivity index (χ1) is 26.4. The van der Waals surface area contributed by atoms with Crippen LogP contribution in [0.15, 0.2) is 60.7 Å². The molecule has 0 radical (unpaired) electrons. The number of hydrogen-bond donors (Lipinski definition) is 5. The minimum atomic E-state index is -1.82. The maximum atomic E-state index is 10.2. The van der Waals surface area contributed by atoms with E-state index in [1.807, 2.05) is 12.1 Å². The molecule has 0 bridgehead atoms. The average molecular weight is 781 g/mol. The molecule has 6 rings (SSSR count). The van der Waals surface area contributed by atoms with Crippen molar-refractivity contribution in [3.05, 3.63) is 71.8 Å². The summed E-state index contributed by atoms with van der Waals surface area (Å²) in [7, 11) is 1.71. The molecule has 2 aliphatic heterocycles. The Morgan fingerprint density at radius 1 is 0.764 bits per heavy atom. The summed E-state index contributed by atoms with van der Waals surface area (Å²) in [4.78, 5) is 42.6. The Morgan fingerprint density at radius 2 is 1.38 bits per heavy atom. The SMILES string of the molecule is CCC(COc1ccc(Cc2c(-c3ccc(OCCN4CCCC4)cc3)sc3cc(O)ccc23)cc1OC)N1CCCC1.O=C(O)C(=O)O.O=C(O)C(=O)O. The molecule has 0 saturated carbocycles. The van der Waals surface area contributed by atoms with E-state index in [0.717, 1.165) is 52.5 Å². The number of carboxylic acid groups (broad SMARTS) is 4. The summed E-state index contributed by atoms with van der Waals surface area (Å²) in [6, 6.07) is 20.9. The lowest BCUT2D eigenvalue weighted by molar-refractivity contribution is -0.159. The van der Waals surface area contributed by atoms with Gasteiger partial charge in [0.1, 0.15) is 24.7 Å². The van der Waals surface area contributed by atoms with Gasteiger partial charge in [-0.1, -0.05) is 13.0 Å². The van der Waals surface area contributed by atoms with E-state index in [-0.39, 0.29) is 5.75 Å².